The number of hydrogen-bond donors (Lipinski definition) is 1. The van der Waals surface area contributed by atoms with Crippen LogP contribution in [0.25, 0.3) is 28.2 Å². The summed E-state index contributed by atoms with van der Waals surface area (Å²) in [6, 6.07) is 27.3. The van der Waals surface area contributed by atoms with Gasteiger partial charge in [-0.2, -0.15) is 0 Å². The fourth-order valence-electron chi connectivity index (χ4n) is 4.82. The van der Waals surface area contributed by atoms with Gasteiger partial charge in [-0.1, -0.05) is 54.6 Å². The highest BCUT2D eigenvalue weighted by Crippen LogP contribution is 2.30. The zero-order valence-corrected chi connectivity index (χ0v) is 19.8. The number of nitrogens with one attached hydrogen (secondary N) is 1. The number of para-hydroxylation sites is 1. The van der Waals surface area contributed by atoms with Crippen molar-refractivity contribution in [2.45, 2.75) is 25.3 Å². The van der Waals surface area contributed by atoms with Crippen LogP contribution in [0.5, 0.6) is 0 Å². The van der Waals surface area contributed by atoms with Crippen LogP contribution in [0.2, 0.25) is 0 Å². The lowest BCUT2D eigenvalue weighted by Crippen LogP contribution is -2.47. The van der Waals surface area contributed by atoms with E-state index in [2.05, 4.69) is 20.4 Å². The second kappa shape index (κ2) is 9.62. The molecule has 7 heteroatoms. The van der Waals surface area contributed by atoms with Crippen LogP contribution in [0, 0.1) is 0 Å². The summed E-state index contributed by atoms with van der Waals surface area (Å²) in [6.07, 6.45) is 6.74. The van der Waals surface area contributed by atoms with Crippen molar-refractivity contribution in [1.82, 2.24) is 19.6 Å². The second-order valence-corrected chi connectivity index (χ2v) is 8.97. The molecule has 0 saturated carbocycles. The van der Waals surface area contributed by atoms with E-state index in [-0.39, 0.29) is 11.9 Å². The average molecular weight is 475 g/mol. The molecular weight excluding hydrogens is 448 g/mol. The molecule has 1 fully saturated rings. The van der Waals surface area contributed by atoms with Crippen LogP contribution in [0.3, 0.4) is 0 Å². The highest BCUT2D eigenvalue weighted by Gasteiger charge is 2.30. The van der Waals surface area contributed by atoms with E-state index < -0.39 is 0 Å². The number of carbonyl (C=O) groups excluding carboxylic acids is 1. The van der Waals surface area contributed by atoms with E-state index >= 15 is 0 Å². The average Bonchev–Trinajstić information content (AvgIpc) is 3.38. The van der Waals surface area contributed by atoms with Crippen molar-refractivity contribution in [3.63, 3.8) is 0 Å². The fraction of sp³-hybridized carbons (Fsp3) is 0.172. The van der Waals surface area contributed by atoms with Crippen molar-refractivity contribution in [3.05, 3.63) is 97.3 Å². The summed E-state index contributed by atoms with van der Waals surface area (Å²) in [4.78, 5) is 20.4. The molecule has 0 spiro atoms. The molecule has 5 aromatic rings. The Kier molecular flexibility index (Phi) is 5.87. The van der Waals surface area contributed by atoms with Gasteiger partial charge in [-0.3, -0.25) is 4.79 Å². The van der Waals surface area contributed by atoms with Crippen LogP contribution in [0.4, 0.5) is 11.5 Å². The van der Waals surface area contributed by atoms with E-state index in [1.54, 1.807) is 0 Å². The summed E-state index contributed by atoms with van der Waals surface area (Å²) in [5, 5.41) is 12.1. The summed E-state index contributed by atoms with van der Waals surface area (Å²) in [5.74, 6) is 0.683. The molecule has 1 aliphatic heterocycles. The van der Waals surface area contributed by atoms with Crippen LogP contribution < -0.4 is 10.2 Å². The molecule has 0 aliphatic carbocycles. The first-order chi connectivity index (χ1) is 17.8. The maximum absolute atomic E-state index is 13.6. The van der Waals surface area contributed by atoms with E-state index in [9.17, 15) is 4.79 Å². The third-order valence-corrected chi connectivity index (χ3v) is 6.64. The van der Waals surface area contributed by atoms with Gasteiger partial charge in [-0.15, -0.1) is 10.2 Å². The zero-order chi connectivity index (χ0) is 24.3. The third kappa shape index (κ3) is 4.31. The predicted octanol–water partition coefficient (Wildman–Crippen LogP) is 5.46. The Morgan fingerprint density at radius 2 is 1.67 bits per heavy atom. The standard InChI is InChI=1S/C29H26N6O/c36-29(31-24-13-5-4-12-22(24)25-20-34-18-8-7-15-27(34)30-25)26-14-6-9-19-35(26)28-17-16-23(32-33-28)21-10-2-1-3-11-21/h1-5,7-8,10-13,15-18,20,26H,6,9,14,19H2,(H,31,36). The maximum Gasteiger partial charge on any atom is 0.247 e. The Hall–Kier alpha value is -4.52. The lowest BCUT2D eigenvalue weighted by molar-refractivity contribution is -0.117. The number of aromatic nitrogens is 4. The summed E-state index contributed by atoms with van der Waals surface area (Å²) < 4.78 is 1.98. The van der Waals surface area contributed by atoms with Gasteiger partial charge in [0.2, 0.25) is 5.91 Å². The molecule has 0 radical (unpaired) electrons. The molecule has 2 aromatic carbocycles. The Balaban J connectivity index is 1.25. The van der Waals surface area contributed by atoms with Crippen LogP contribution in [-0.2, 0) is 4.79 Å². The molecule has 36 heavy (non-hydrogen) atoms. The van der Waals surface area contributed by atoms with Crippen molar-refractivity contribution >= 4 is 23.1 Å². The number of hydrogen-bond acceptors (Lipinski definition) is 5. The molecule has 1 saturated heterocycles. The van der Waals surface area contributed by atoms with Gasteiger partial charge in [0.05, 0.1) is 17.1 Å². The van der Waals surface area contributed by atoms with Gasteiger partial charge in [0.1, 0.15) is 11.7 Å². The topological polar surface area (TPSA) is 75.4 Å². The largest absolute Gasteiger partial charge is 0.343 e. The fourth-order valence-corrected chi connectivity index (χ4v) is 4.82. The minimum absolute atomic E-state index is 0.0418. The smallest absolute Gasteiger partial charge is 0.247 e. The van der Waals surface area contributed by atoms with Crippen LogP contribution in [-0.4, -0.2) is 38.1 Å². The zero-order valence-electron chi connectivity index (χ0n) is 19.8. The monoisotopic (exact) mass is 474 g/mol. The van der Waals surface area contributed by atoms with Crippen molar-refractivity contribution in [1.29, 1.82) is 0 Å². The van der Waals surface area contributed by atoms with E-state index in [0.717, 1.165) is 65.5 Å². The van der Waals surface area contributed by atoms with Gasteiger partial charge in [0.15, 0.2) is 5.82 Å². The normalized spacial score (nSPS) is 15.7. The molecule has 0 bridgehead atoms. The number of amides is 1. The first-order valence-electron chi connectivity index (χ1n) is 12.3. The number of rotatable bonds is 5. The van der Waals surface area contributed by atoms with E-state index in [1.165, 1.54) is 0 Å². The van der Waals surface area contributed by atoms with Crippen LogP contribution in [0.15, 0.2) is 97.3 Å². The number of benzene rings is 2. The number of imidazole rings is 1. The summed E-state index contributed by atoms with van der Waals surface area (Å²) in [5.41, 5.74) is 5.17. The van der Waals surface area contributed by atoms with Crippen LogP contribution in [0.1, 0.15) is 19.3 Å². The highest BCUT2D eigenvalue weighted by molar-refractivity contribution is 6.00. The molecule has 1 aliphatic rings. The Morgan fingerprint density at radius 3 is 2.50 bits per heavy atom. The number of pyridine rings is 1. The SMILES string of the molecule is O=C(Nc1ccccc1-c1cn2ccccc2n1)C1CCCCN1c1ccc(-c2ccccc2)nn1. The van der Waals surface area contributed by atoms with Gasteiger partial charge >= 0.3 is 0 Å². The minimum Gasteiger partial charge on any atom is -0.343 e. The minimum atomic E-state index is -0.315. The summed E-state index contributed by atoms with van der Waals surface area (Å²) in [7, 11) is 0. The molecule has 6 rings (SSSR count). The summed E-state index contributed by atoms with van der Waals surface area (Å²) in [6.45, 7) is 0.769. The predicted molar refractivity (Wildman–Crippen MR) is 142 cm³/mol. The van der Waals surface area contributed by atoms with Crippen molar-refractivity contribution in [3.8, 4) is 22.5 Å². The van der Waals surface area contributed by atoms with Gasteiger partial charge in [-0.25, -0.2) is 4.98 Å². The second-order valence-electron chi connectivity index (χ2n) is 8.97. The highest BCUT2D eigenvalue weighted by atomic mass is 16.2. The first kappa shape index (κ1) is 22.0. The molecule has 7 nitrogen and oxygen atoms in total. The molecule has 1 atom stereocenters. The van der Waals surface area contributed by atoms with Crippen LogP contribution >= 0.6 is 0 Å². The summed E-state index contributed by atoms with van der Waals surface area (Å²) >= 11 is 0. The van der Waals surface area contributed by atoms with Crippen molar-refractivity contribution < 1.29 is 4.79 Å². The Morgan fingerprint density at radius 1 is 0.833 bits per heavy atom. The van der Waals surface area contributed by atoms with E-state index in [0.29, 0.717) is 0 Å². The van der Waals surface area contributed by atoms with Gasteiger partial charge in [0, 0.05) is 30.1 Å². The van der Waals surface area contributed by atoms with E-state index in [4.69, 9.17) is 4.98 Å². The van der Waals surface area contributed by atoms with Gasteiger partial charge in [-0.05, 0) is 49.6 Å². The molecule has 3 aromatic heterocycles. The van der Waals surface area contributed by atoms with Crippen molar-refractivity contribution in [2.24, 2.45) is 0 Å². The molecule has 1 amide bonds. The number of fused-ring (bicyclic) bond motifs is 1. The molecule has 1 N–H and O–H groups in total. The number of anilines is 2. The molecule has 4 heterocycles. The van der Waals surface area contributed by atoms with Gasteiger partial charge in [0.25, 0.3) is 0 Å². The molecular formula is C29H26N6O. The third-order valence-electron chi connectivity index (χ3n) is 6.64. The maximum atomic E-state index is 13.6. The lowest BCUT2D eigenvalue weighted by atomic mass is 10.0. The Bertz CT molecular complexity index is 1460. The number of carbonyl (C=O) groups is 1. The molecule has 178 valence electrons. The lowest BCUT2D eigenvalue weighted by Gasteiger charge is -2.35. The quantitative estimate of drug-likeness (QED) is 0.366. The van der Waals surface area contributed by atoms with E-state index in [1.807, 2.05) is 102 Å². The van der Waals surface area contributed by atoms with Gasteiger partial charge < -0.3 is 14.6 Å². The molecule has 1 unspecified atom stereocenters. The number of nitrogens with zero attached hydrogens (tertiary/aromatic N) is 5. The Labute approximate surface area is 209 Å². The van der Waals surface area contributed by atoms with Crippen molar-refractivity contribution in [2.75, 3.05) is 16.8 Å². The first-order valence-corrected chi connectivity index (χ1v) is 12.3. The number of piperidine rings is 1.